The molecule has 1 heterocycles. The molecule has 1 N–H and O–H groups in total. The van der Waals surface area contributed by atoms with Gasteiger partial charge in [-0.2, -0.15) is 0 Å². The fourth-order valence-corrected chi connectivity index (χ4v) is 2.97. The van der Waals surface area contributed by atoms with E-state index in [1.165, 1.54) is 15.8 Å². The van der Waals surface area contributed by atoms with Crippen molar-refractivity contribution in [1.82, 2.24) is 5.32 Å². The molecule has 1 unspecified atom stereocenters. The molecule has 18 heavy (non-hydrogen) atoms. The van der Waals surface area contributed by atoms with E-state index in [-0.39, 0.29) is 11.9 Å². The highest BCUT2D eigenvalue weighted by atomic mass is 79.9. The zero-order valence-corrected chi connectivity index (χ0v) is 12.7. The molecule has 4 heteroatoms. The maximum absolute atomic E-state index is 13.8. The lowest BCUT2D eigenvalue weighted by Crippen LogP contribution is -2.18. The fraction of sp³-hybridized carbons (Fsp3) is 0.286. The van der Waals surface area contributed by atoms with Gasteiger partial charge in [0.1, 0.15) is 5.82 Å². The Morgan fingerprint density at radius 2 is 2.11 bits per heavy atom. The van der Waals surface area contributed by atoms with Crippen molar-refractivity contribution in [1.29, 1.82) is 0 Å². The second kappa shape index (κ2) is 5.95. The predicted molar refractivity (Wildman–Crippen MR) is 78.4 cm³/mol. The first-order valence-corrected chi connectivity index (χ1v) is 7.41. The first-order chi connectivity index (χ1) is 8.56. The molecule has 0 aliphatic heterocycles. The van der Waals surface area contributed by atoms with E-state index in [2.05, 4.69) is 40.3 Å². The van der Waals surface area contributed by atoms with Crippen LogP contribution >= 0.6 is 27.3 Å². The number of nitrogens with one attached hydrogen (secondary N) is 1. The SMILES string of the molecule is Cc1ccc(CNC(C)c2ccc(Br)cc2F)s1. The zero-order chi connectivity index (χ0) is 13.1. The van der Waals surface area contributed by atoms with Crippen molar-refractivity contribution in [3.05, 3.63) is 55.9 Å². The number of aryl methyl sites for hydroxylation is 1. The highest BCUT2D eigenvalue weighted by molar-refractivity contribution is 9.10. The van der Waals surface area contributed by atoms with Crippen LogP contribution in [0.4, 0.5) is 4.39 Å². The summed E-state index contributed by atoms with van der Waals surface area (Å²) < 4.78 is 14.5. The van der Waals surface area contributed by atoms with Crippen LogP contribution in [-0.2, 0) is 6.54 Å². The normalized spacial score (nSPS) is 12.7. The van der Waals surface area contributed by atoms with E-state index in [0.29, 0.717) is 5.56 Å². The third-order valence-corrected chi connectivity index (χ3v) is 4.30. The predicted octanol–water partition coefficient (Wildman–Crippen LogP) is 4.81. The average molecular weight is 328 g/mol. The van der Waals surface area contributed by atoms with Crippen LogP contribution in [-0.4, -0.2) is 0 Å². The van der Waals surface area contributed by atoms with Crippen LogP contribution in [0.1, 0.15) is 28.3 Å². The minimum atomic E-state index is -0.174. The van der Waals surface area contributed by atoms with Crippen molar-refractivity contribution in [2.45, 2.75) is 26.4 Å². The van der Waals surface area contributed by atoms with Crippen molar-refractivity contribution in [2.24, 2.45) is 0 Å². The first-order valence-electron chi connectivity index (χ1n) is 5.80. The molecule has 0 spiro atoms. The Balaban J connectivity index is 2.01. The molecule has 0 bridgehead atoms. The number of hydrogen-bond acceptors (Lipinski definition) is 2. The molecule has 0 aliphatic rings. The van der Waals surface area contributed by atoms with E-state index in [4.69, 9.17) is 0 Å². The van der Waals surface area contributed by atoms with Crippen molar-refractivity contribution < 1.29 is 4.39 Å². The van der Waals surface area contributed by atoms with Gasteiger partial charge in [-0.25, -0.2) is 4.39 Å². The van der Waals surface area contributed by atoms with Gasteiger partial charge < -0.3 is 5.32 Å². The van der Waals surface area contributed by atoms with Gasteiger partial charge in [-0.3, -0.25) is 0 Å². The van der Waals surface area contributed by atoms with Crippen molar-refractivity contribution in [3.8, 4) is 0 Å². The van der Waals surface area contributed by atoms with Gasteiger partial charge >= 0.3 is 0 Å². The number of benzene rings is 1. The second-order valence-electron chi connectivity index (χ2n) is 4.28. The largest absolute Gasteiger partial charge is 0.305 e. The van der Waals surface area contributed by atoms with Crippen LogP contribution < -0.4 is 5.32 Å². The van der Waals surface area contributed by atoms with Gasteiger partial charge in [-0.15, -0.1) is 11.3 Å². The number of rotatable bonds is 4. The summed E-state index contributed by atoms with van der Waals surface area (Å²) in [7, 11) is 0. The molecule has 1 atom stereocenters. The van der Waals surface area contributed by atoms with Crippen molar-refractivity contribution >= 4 is 27.3 Å². The number of halogens is 2. The monoisotopic (exact) mass is 327 g/mol. The van der Waals surface area contributed by atoms with E-state index >= 15 is 0 Å². The van der Waals surface area contributed by atoms with Gasteiger partial charge in [-0.1, -0.05) is 22.0 Å². The highest BCUT2D eigenvalue weighted by Crippen LogP contribution is 2.22. The molecule has 0 amide bonds. The second-order valence-corrected chi connectivity index (χ2v) is 6.57. The Kier molecular flexibility index (Phi) is 4.54. The molecular weight excluding hydrogens is 313 g/mol. The number of hydrogen-bond donors (Lipinski definition) is 1. The summed E-state index contributed by atoms with van der Waals surface area (Å²) in [5, 5.41) is 3.34. The van der Waals surface area contributed by atoms with E-state index in [1.54, 1.807) is 11.3 Å². The van der Waals surface area contributed by atoms with Crippen LogP contribution in [0, 0.1) is 12.7 Å². The number of thiophene rings is 1. The Labute approximate surface area is 119 Å². The lowest BCUT2D eigenvalue weighted by atomic mass is 10.1. The van der Waals surface area contributed by atoms with E-state index in [1.807, 2.05) is 19.1 Å². The van der Waals surface area contributed by atoms with Gasteiger partial charge in [0.2, 0.25) is 0 Å². The minimum Gasteiger partial charge on any atom is -0.305 e. The van der Waals surface area contributed by atoms with Gasteiger partial charge in [0.05, 0.1) is 0 Å². The summed E-state index contributed by atoms with van der Waals surface area (Å²) in [5.41, 5.74) is 0.700. The summed E-state index contributed by atoms with van der Waals surface area (Å²) in [6.07, 6.45) is 0. The molecule has 0 aliphatic carbocycles. The van der Waals surface area contributed by atoms with Gasteiger partial charge in [0, 0.05) is 32.4 Å². The Bertz CT molecular complexity index is 538. The first kappa shape index (κ1) is 13.7. The quantitative estimate of drug-likeness (QED) is 0.849. The molecule has 0 fully saturated rings. The Morgan fingerprint density at radius 3 is 2.72 bits per heavy atom. The molecule has 0 saturated heterocycles. The van der Waals surface area contributed by atoms with Gasteiger partial charge in [0.15, 0.2) is 0 Å². The van der Waals surface area contributed by atoms with Gasteiger partial charge in [0.25, 0.3) is 0 Å². The van der Waals surface area contributed by atoms with Crippen LogP contribution in [0.5, 0.6) is 0 Å². The molecule has 1 aromatic heterocycles. The maximum atomic E-state index is 13.8. The maximum Gasteiger partial charge on any atom is 0.129 e. The molecule has 2 rings (SSSR count). The summed E-state index contributed by atoms with van der Waals surface area (Å²) in [5.74, 6) is -0.174. The molecule has 2 aromatic rings. The third kappa shape index (κ3) is 3.40. The molecule has 0 saturated carbocycles. The standard InChI is InChI=1S/C14H15BrFNS/c1-9-3-5-12(18-9)8-17-10(2)13-6-4-11(15)7-14(13)16/h3-7,10,17H,8H2,1-2H3. The van der Waals surface area contributed by atoms with E-state index in [9.17, 15) is 4.39 Å². The van der Waals surface area contributed by atoms with Crippen LogP contribution in [0.3, 0.4) is 0 Å². The van der Waals surface area contributed by atoms with Crippen LogP contribution in [0.2, 0.25) is 0 Å². The van der Waals surface area contributed by atoms with Crippen LogP contribution in [0.25, 0.3) is 0 Å². The molecule has 96 valence electrons. The van der Waals surface area contributed by atoms with E-state index < -0.39 is 0 Å². The van der Waals surface area contributed by atoms with Crippen molar-refractivity contribution in [3.63, 3.8) is 0 Å². The van der Waals surface area contributed by atoms with Crippen molar-refractivity contribution in [2.75, 3.05) is 0 Å². The summed E-state index contributed by atoms with van der Waals surface area (Å²) in [6, 6.07) is 9.40. The van der Waals surface area contributed by atoms with Gasteiger partial charge in [-0.05, 0) is 38.1 Å². The summed E-state index contributed by atoms with van der Waals surface area (Å²) >= 11 is 5.03. The Hall–Kier alpha value is -0.710. The molecular formula is C14H15BrFNS. The topological polar surface area (TPSA) is 12.0 Å². The summed E-state index contributed by atoms with van der Waals surface area (Å²) in [6.45, 7) is 4.84. The zero-order valence-electron chi connectivity index (χ0n) is 10.3. The minimum absolute atomic E-state index is 0.000469. The lowest BCUT2D eigenvalue weighted by molar-refractivity contribution is 0.530. The molecule has 1 nitrogen and oxygen atoms in total. The highest BCUT2D eigenvalue weighted by Gasteiger charge is 2.10. The Morgan fingerprint density at radius 1 is 1.33 bits per heavy atom. The molecule has 0 radical (unpaired) electrons. The smallest absolute Gasteiger partial charge is 0.129 e. The van der Waals surface area contributed by atoms with E-state index in [0.717, 1.165) is 11.0 Å². The summed E-state index contributed by atoms with van der Waals surface area (Å²) in [4.78, 5) is 2.58. The fourth-order valence-electron chi connectivity index (χ4n) is 1.80. The lowest BCUT2D eigenvalue weighted by Gasteiger charge is -2.14. The molecule has 1 aromatic carbocycles. The average Bonchev–Trinajstić information content (AvgIpc) is 2.72. The van der Waals surface area contributed by atoms with Crippen LogP contribution in [0.15, 0.2) is 34.8 Å². The third-order valence-electron chi connectivity index (χ3n) is 2.81.